The SMILES string of the molecule is CC/C=C\NNCC. The highest BCUT2D eigenvalue weighted by Crippen LogP contribution is 1.72. The lowest BCUT2D eigenvalue weighted by atomic mass is 10.5. The molecular weight excluding hydrogens is 100 g/mol. The van der Waals surface area contributed by atoms with Crippen molar-refractivity contribution in [3.05, 3.63) is 12.3 Å². The summed E-state index contributed by atoms with van der Waals surface area (Å²) in [5.74, 6) is 0. The van der Waals surface area contributed by atoms with Gasteiger partial charge in [0.2, 0.25) is 0 Å². The lowest BCUT2D eigenvalue weighted by Crippen LogP contribution is -2.25. The highest BCUT2D eigenvalue weighted by Gasteiger charge is 1.67. The first kappa shape index (κ1) is 7.50. The quantitative estimate of drug-likeness (QED) is 0.421. The molecule has 0 spiro atoms. The third-order valence-corrected chi connectivity index (χ3v) is 0.716. The molecule has 0 aliphatic rings. The fourth-order valence-electron chi connectivity index (χ4n) is 0.338. The summed E-state index contributed by atoms with van der Waals surface area (Å²) in [5.41, 5.74) is 5.85. The van der Waals surface area contributed by atoms with Gasteiger partial charge in [-0.05, 0) is 6.42 Å². The Kier molecular flexibility index (Phi) is 6.09. The first-order valence-corrected chi connectivity index (χ1v) is 3.05. The van der Waals surface area contributed by atoms with Gasteiger partial charge in [0, 0.05) is 12.7 Å². The minimum absolute atomic E-state index is 0.952. The Morgan fingerprint density at radius 1 is 1.38 bits per heavy atom. The van der Waals surface area contributed by atoms with E-state index in [1.54, 1.807) is 0 Å². The molecule has 0 rings (SSSR count). The Labute approximate surface area is 50.9 Å². The van der Waals surface area contributed by atoms with Crippen LogP contribution in [0.2, 0.25) is 0 Å². The summed E-state index contributed by atoms with van der Waals surface area (Å²) in [5, 5.41) is 0. The van der Waals surface area contributed by atoms with E-state index in [0.29, 0.717) is 0 Å². The average molecular weight is 114 g/mol. The highest BCUT2D eigenvalue weighted by atomic mass is 15.3. The molecule has 0 aliphatic carbocycles. The number of rotatable bonds is 4. The Bertz CT molecular complexity index is 59.5. The predicted molar refractivity (Wildman–Crippen MR) is 36.2 cm³/mol. The van der Waals surface area contributed by atoms with Crippen LogP contribution in [-0.4, -0.2) is 6.54 Å². The molecule has 2 N–H and O–H groups in total. The van der Waals surface area contributed by atoms with Gasteiger partial charge in [-0.2, -0.15) is 0 Å². The third-order valence-electron chi connectivity index (χ3n) is 0.716. The summed E-state index contributed by atoms with van der Waals surface area (Å²) in [4.78, 5) is 0. The first-order chi connectivity index (χ1) is 3.91. The van der Waals surface area contributed by atoms with Gasteiger partial charge in [-0.3, -0.25) is 0 Å². The van der Waals surface area contributed by atoms with Gasteiger partial charge in [-0.1, -0.05) is 19.9 Å². The van der Waals surface area contributed by atoms with Gasteiger partial charge in [-0.25, -0.2) is 5.43 Å². The van der Waals surface area contributed by atoms with Gasteiger partial charge < -0.3 is 5.43 Å². The van der Waals surface area contributed by atoms with Crippen molar-refractivity contribution in [3.63, 3.8) is 0 Å². The maximum atomic E-state index is 2.95. The predicted octanol–water partition coefficient (Wildman–Crippen LogP) is 1.02. The monoisotopic (exact) mass is 114 g/mol. The van der Waals surface area contributed by atoms with Crippen LogP contribution < -0.4 is 10.9 Å². The van der Waals surface area contributed by atoms with Crippen LogP contribution in [0.5, 0.6) is 0 Å². The molecule has 0 amide bonds. The maximum Gasteiger partial charge on any atom is 0.0119 e. The van der Waals surface area contributed by atoms with Gasteiger partial charge in [-0.15, -0.1) is 0 Å². The fourth-order valence-corrected chi connectivity index (χ4v) is 0.338. The zero-order chi connectivity index (χ0) is 6.24. The molecule has 0 atom stereocenters. The fraction of sp³-hybridized carbons (Fsp3) is 0.667. The molecule has 0 bridgehead atoms. The summed E-state index contributed by atoms with van der Waals surface area (Å²) in [7, 11) is 0. The zero-order valence-electron chi connectivity index (χ0n) is 5.57. The normalized spacial score (nSPS) is 10.2. The Hall–Kier alpha value is -0.500. The average Bonchev–Trinajstić information content (AvgIpc) is 1.81. The second-order valence-corrected chi connectivity index (χ2v) is 1.49. The molecule has 0 heterocycles. The van der Waals surface area contributed by atoms with Crippen molar-refractivity contribution < 1.29 is 0 Å². The summed E-state index contributed by atoms with van der Waals surface area (Å²) in [6, 6.07) is 0. The highest BCUT2D eigenvalue weighted by molar-refractivity contribution is 4.75. The Balaban J connectivity index is 2.80. The zero-order valence-corrected chi connectivity index (χ0v) is 5.57. The van der Waals surface area contributed by atoms with Gasteiger partial charge in [0.1, 0.15) is 0 Å². The van der Waals surface area contributed by atoms with Gasteiger partial charge in [0.15, 0.2) is 0 Å². The molecule has 48 valence electrons. The molecule has 0 aromatic rings. The van der Waals surface area contributed by atoms with E-state index >= 15 is 0 Å². The molecule has 0 saturated heterocycles. The van der Waals surface area contributed by atoms with E-state index in [4.69, 9.17) is 0 Å². The van der Waals surface area contributed by atoms with Crippen molar-refractivity contribution in [2.24, 2.45) is 0 Å². The van der Waals surface area contributed by atoms with Crippen LogP contribution in [0.15, 0.2) is 12.3 Å². The summed E-state index contributed by atoms with van der Waals surface area (Å²) in [6.07, 6.45) is 5.05. The molecule has 0 radical (unpaired) electrons. The molecule has 0 aliphatic heterocycles. The van der Waals surface area contributed by atoms with Gasteiger partial charge >= 0.3 is 0 Å². The van der Waals surface area contributed by atoms with E-state index in [-0.39, 0.29) is 0 Å². The maximum absolute atomic E-state index is 2.95. The molecule has 8 heavy (non-hydrogen) atoms. The van der Waals surface area contributed by atoms with E-state index in [9.17, 15) is 0 Å². The van der Waals surface area contributed by atoms with Crippen LogP contribution in [0.4, 0.5) is 0 Å². The molecule has 0 aromatic carbocycles. The van der Waals surface area contributed by atoms with E-state index < -0.39 is 0 Å². The standard InChI is InChI=1S/C6H14N2/c1-3-5-6-8-7-4-2/h5-8H,3-4H2,1-2H3/b6-5-. The molecule has 2 nitrogen and oxygen atoms in total. The lowest BCUT2D eigenvalue weighted by molar-refractivity contribution is 0.654. The third kappa shape index (κ3) is 5.50. The van der Waals surface area contributed by atoms with Crippen LogP contribution in [-0.2, 0) is 0 Å². The number of hydrazine groups is 1. The van der Waals surface area contributed by atoms with E-state index in [1.165, 1.54) is 0 Å². The van der Waals surface area contributed by atoms with Crippen molar-refractivity contribution >= 4 is 0 Å². The second kappa shape index (κ2) is 6.50. The lowest BCUT2D eigenvalue weighted by Gasteiger charge is -1.95. The second-order valence-electron chi connectivity index (χ2n) is 1.49. The minimum Gasteiger partial charge on any atom is -0.329 e. The number of hydrogen-bond acceptors (Lipinski definition) is 2. The number of hydrogen-bond donors (Lipinski definition) is 2. The van der Waals surface area contributed by atoms with E-state index in [2.05, 4.69) is 23.9 Å². The Morgan fingerprint density at radius 2 is 2.12 bits per heavy atom. The summed E-state index contributed by atoms with van der Waals surface area (Å²) < 4.78 is 0. The van der Waals surface area contributed by atoms with E-state index in [1.807, 2.05) is 13.1 Å². The van der Waals surface area contributed by atoms with Crippen LogP contribution in [0, 0.1) is 0 Å². The van der Waals surface area contributed by atoms with Gasteiger partial charge in [0.05, 0.1) is 0 Å². The van der Waals surface area contributed by atoms with Crippen LogP contribution in [0.3, 0.4) is 0 Å². The molecule has 0 saturated carbocycles. The Morgan fingerprint density at radius 3 is 2.62 bits per heavy atom. The van der Waals surface area contributed by atoms with Crippen molar-refractivity contribution in [3.8, 4) is 0 Å². The largest absolute Gasteiger partial charge is 0.329 e. The van der Waals surface area contributed by atoms with Crippen LogP contribution in [0.25, 0.3) is 0 Å². The topological polar surface area (TPSA) is 24.1 Å². The number of nitrogens with one attached hydrogen (secondary N) is 2. The van der Waals surface area contributed by atoms with Crippen LogP contribution in [0.1, 0.15) is 20.3 Å². The van der Waals surface area contributed by atoms with E-state index in [0.717, 1.165) is 13.0 Å². The van der Waals surface area contributed by atoms with Crippen molar-refractivity contribution in [2.75, 3.05) is 6.54 Å². The molecule has 0 aromatic heterocycles. The molecule has 0 fully saturated rings. The molecular formula is C6H14N2. The van der Waals surface area contributed by atoms with Crippen molar-refractivity contribution in [2.45, 2.75) is 20.3 Å². The smallest absolute Gasteiger partial charge is 0.0119 e. The summed E-state index contributed by atoms with van der Waals surface area (Å²) >= 11 is 0. The molecule has 2 heteroatoms. The van der Waals surface area contributed by atoms with Crippen molar-refractivity contribution in [1.82, 2.24) is 10.9 Å². The summed E-state index contributed by atoms with van der Waals surface area (Å²) in [6.45, 7) is 5.10. The molecule has 0 unspecified atom stereocenters. The number of allylic oxidation sites excluding steroid dienone is 1. The minimum atomic E-state index is 0.952. The first-order valence-electron chi connectivity index (χ1n) is 3.05. The van der Waals surface area contributed by atoms with Crippen LogP contribution >= 0.6 is 0 Å². The van der Waals surface area contributed by atoms with Gasteiger partial charge in [0.25, 0.3) is 0 Å². The van der Waals surface area contributed by atoms with Crippen molar-refractivity contribution in [1.29, 1.82) is 0 Å².